The van der Waals surface area contributed by atoms with E-state index in [1.807, 2.05) is 32.9 Å². The Kier molecular flexibility index (Phi) is 10.2. The summed E-state index contributed by atoms with van der Waals surface area (Å²) in [5.74, 6) is -0.933. The molecule has 192 valence electrons. The Morgan fingerprint density at radius 2 is 1.63 bits per heavy atom. The van der Waals surface area contributed by atoms with Gasteiger partial charge in [-0.15, -0.1) is 0 Å². The highest BCUT2D eigenvalue weighted by atomic mass is 32.2. The average molecular weight is 506 g/mol. The number of aryl methyl sites for hydroxylation is 1. The summed E-state index contributed by atoms with van der Waals surface area (Å²) in [6, 6.07) is 12.1. The first-order valence-corrected chi connectivity index (χ1v) is 13.7. The topological polar surface area (TPSA) is 86.8 Å². The summed E-state index contributed by atoms with van der Waals surface area (Å²) in [6.45, 7) is 7.70. The summed E-state index contributed by atoms with van der Waals surface area (Å²) in [5, 5.41) is 2.90. The van der Waals surface area contributed by atoms with Crippen LogP contribution in [0.2, 0.25) is 0 Å². The number of anilines is 1. The minimum absolute atomic E-state index is 0.0365. The summed E-state index contributed by atoms with van der Waals surface area (Å²) in [4.78, 5) is 27.5. The average Bonchev–Trinajstić information content (AvgIpc) is 2.80. The van der Waals surface area contributed by atoms with E-state index in [2.05, 4.69) is 5.32 Å². The molecule has 0 heterocycles. The molecule has 9 heteroatoms. The Hall–Kier alpha value is -2.94. The van der Waals surface area contributed by atoms with Crippen molar-refractivity contribution in [1.82, 2.24) is 10.2 Å². The molecule has 2 aromatic carbocycles. The molecule has 35 heavy (non-hydrogen) atoms. The SMILES string of the molecule is CC[C@@H](C)NC(=O)[C@@H](C)N(Cc1ccc(F)cc1)C(=O)CCCN(c1ccc(C)cc1)S(C)(=O)=O. The van der Waals surface area contributed by atoms with Gasteiger partial charge in [-0.25, -0.2) is 12.8 Å². The lowest BCUT2D eigenvalue weighted by molar-refractivity contribution is -0.140. The van der Waals surface area contributed by atoms with E-state index in [1.54, 1.807) is 31.2 Å². The highest BCUT2D eigenvalue weighted by Crippen LogP contribution is 2.20. The maximum atomic E-state index is 13.4. The van der Waals surface area contributed by atoms with Crippen LogP contribution < -0.4 is 9.62 Å². The number of halogens is 1. The van der Waals surface area contributed by atoms with Crippen molar-refractivity contribution in [1.29, 1.82) is 0 Å². The van der Waals surface area contributed by atoms with Gasteiger partial charge >= 0.3 is 0 Å². The fraction of sp³-hybridized carbons (Fsp3) is 0.462. The van der Waals surface area contributed by atoms with Crippen LogP contribution in [0.1, 0.15) is 51.2 Å². The predicted molar refractivity (Wildman–Crippen MR) is 137 cm³/mol. The number of nitrogens with one attached hydrogen (secondary N) is 1. The molecule has 0 aliphatic heterocycles. The van der Waals surface area contributed by atoms with Crippen molar-refractivity contribution in [2.45, 2.75) is 65.6 Å². The molecule has 7 nitrogen and oxygen atoms in total. The minimum atomic E-state index is -3.54. The van der Waals surface area contributed by atoms with Gasteiger partial charge in [0.25, 0.3) is 0 Å². The van der Waals surface area contributed by atoms with Gasteiger partial charge in [-0.05, 0) is 63.4 Å². The number of sulfonamides is 1. The molecule has 2 atom stereocenters. The number of amides is 2. The summed E-state index contributed by atoms with van der Waals surface area (Å²) >= 11 is 0. The molecule has 0 aliphatic carbocycles. The highest BCUT2D eigenvalue weighted by molar-refractivity contribution is 7.92. The number of rotatable bonds is 12. The van der Waals surface area contributed by atoms with Crippen LogP contribution in [0.15, 0.2) is 48.5 Å². The molecule has 2 amide bonds. The summed E-state index contributed by atoms with van der Waals surface area (Å²) < 4.78 is 39.4. The van der Waals surface area contributed by atoms with Crippen molar-refractivity contribution in [3.8, 4) is 0 Å². The van der Waals surface area contributed by atoms with E-state index < -0.39 is 16.1 Å². The maximum Gasteiger partial charge on any atom is 0.242 e. The van der Waals surface area contributed by atoms with Crippen molar-refractivity contribution < 1.29 is 22.4 Å². The molecule has 0 radical (unpaired) electrons. The molecular formula is C26H36FN3O4S. The molecular weight excluding hydrogens is 469 g/mol. The molecule has 0 unspecified atom stereocenters. The first-order chi connectivity index (χ1) is 16.4. The third-order valence-corrected chi connectivity index (χ3v) is 7.10. The van der Waals surface area contributed by atoms with Gasteiger partial charge in [0.1, 0.15) is 11.9 Å². The second-order valence-corrected chi connectivity index (χ2v) is 10.8. The number of hydrogen-bond acceptors (Lipinski definition) is 4. The van der Waals surface area contributed by atoms with Crippen molar-refractivity contribution in [3.05, 3.63) is 65.5 Å². The van der Waals surface area contributed by atoms with Gasteiger partial charge < -0.3 is 10.2 Å². The molecule has 0 bridgehead atoms. The van der Waals surface area contributed by atoms with Gasteiger partial charge in [-0.1, -0.05) is 36.8 Å². The molecule has 0 spiro atoms. The Morgan fingerprint density at radius 3 is 2.17 bits per heavy atom. The summed E-state index contributed by atoms with van der Waals surface area (Å²) in [7, 11) is -3.54. The molecule has 0 fully saturated rings. The summed E-state index contributed by atoms with van der Waals surface area (Å²) in [6.07, 6.45) is 2.22. The molecule has 0 saturated carbocycles. The molecule has 0 saturated heterocycles. The zero-order valence-corrected chi connectivity index (χ0v) is 21.9. The lowest BCUT2D eigenvalue weighted by Crippen LogP contribution is -2.49. The van der Waals surface area contributed by atoms with Crippen LogP contribution in [0, 0.1) is 12.7 Å². The van der Waals surface area contributed by atoms with Crippen molar-refractivity contribution >= 4 is 27.5 Å². The second kappa shape index (κ2) is 12.7. The van der Waals surface area contributed by atoms with E-state index in [9.17, 15) is 22.4 Å². The van der Waals surface area contributed by atoms with Gasteiger partial charge in [0.2, 0.25) is 21.8 Å². The van der Waals surface area contributed by atoms with Crippen molar-refractivity contribution in [2.24, 2.45) is 0 Å². The first-order valence-electron chi connectivity index (χ1n) is 11.8. The minimum Gasteiger partial charge on any atom is -0.352 e. The van der Waals surface area contributed by atoms with E-state index in [-0.39, 0.29) is 49.6 Å². The quantitative estimate of drug-likeness (QED) is 0.472. The number of benzene rings is 2. The Morgan fingerprint density at radius 1 is 1.03 bits per heavy atom. The standard InChI is InChI=1S/C26H36FN3O4S/c1-6-20(3)28-26(32)21(4)29(18-22-11-13-23(27)14-12-22)25(31)8-7-17-30(35(5,33)34)24-15-9-19(2)10-16-24/h9-16,20-21H,6-8,17-18H2,1-5H3,(H,28,32)/t20-,21-/m1/s1. The van der Waals surface area contributed by atoms with Gasteiger partial charge in [0.15, 0.2) is 0 Å². The lowest BCUT2D eigenvalue weighted by atomic mass is 10.1. The fourth-order valence-corrected chi connectivity index (χ4v) is 4.51. The van der Waals surface area contributed by atoms with Crippen molar-refractivity contribution in [2.75, 3.05) is 17.1 Å². The smallest absolute Gasteiger partial charge is 0.242 e. The van der Waals surface area contributed by atoms with E-state index >= 15 is 0 Å². The zero-order valence-electron chi connectivity index (χ0n) is 21.1. The predicted octanol–water partition coefficient (Wildman–Crippen LogP) is 4.01. The number of carbonyl (C=O) groups excluding carboxylic acids is 2. The molecule has 1 N–H and O–H groups in total. The largest absolute Gasteiger partial charge is 0.352 e. The fourth-order valence-electron chi connectivity index (χ4n) is 3.55. The number of hydrogen-bond donors (Lipinski definition) is 1. The lowest BCUT2D eigenvalue weighted by Gasteiger charge is -2.30. The second-order valence-electron chi connectivity index (χ2n) is 8.92. The monoisotopic (exact) mass is 505 g/mol. The van der Waals surface area contributed by atoms with Crippen LogP contribution in [0.3, 0.4) is 0 Å². The van der Waals surface area contributed by atoms with Gasteiger partial charge in [-0.3, -0.25) is 13.9 Å². The Labute approximate surface area is 208 Å². The highest BCUT2D eigenvalue weighted by Gasteiger charge is 2.27. The third-order valence-electron chi connectivity index (χ3n) is 5.91. The van der Waals surface area contributed by atoms with Crippen molar-refractivity contribution in [3.63, 3.8) is 0 Å². The first kappa shape index (κ1) is 28.3. The van der Waals surface area contributed by atoms with E-state index in [0.29, 0.717) is 11.3 Å². The van der Waals surface area contributed by atoms with E-state index in [0.717, 1.165) is 18.2 Å². The molecule has 2 rings (SSSR count). The number of nitrogens with zero attached hydrogens (tertiary/aromatic N) is 2. The Bertz CT molecular complexity index is 1090. The van der Waals surface area contributed by atoms with Crippen LogP contribution in [0.5, 0.6) is 0 Å². The molecule has 0 aliphatic rings. The van der Waals surface area contributed by atoms with Crippen LogP contribution in [0.4, 0.5) is 10.1 Å². The van der Waals surface area contributed by atoms with Gasteiger partial charge in [0.05, 0.1) is 11.9 Å². The van der Waals surface area contributed by atoms with Crippen LogP contribution in [-0.2, 0) is 26.2 Å². The van der Waals surface area contributed by atoms with E-state index in [4.69, 9.17) is 0 Å². The van der Waals surface area contributed by atoms with Crippen LogP contribution in [-0.4, -0.2) is 50.0 Å². The summed E-state index contributed by atoms with van der Waals surface area (Å²) in [5.41, 5.74) is 2.24. The van der Waals surface area contributed by atoms with Gasteiger partial charge in [-0.2, -0.15) is 0 Å². The van der Waals surface area contributed by atoms with E-state index in [1.165, 1.54) is 21.3 Å². The normalized spacial score (nSPS) is 13.1. The maximum absolute atomic E-state index is 13.4. The number of carbonyl (C=O) groups is 2. The zero-order chi connectivity index (χ0) is 26.2. The Balaban J connectivity index is 2.15. The van der Waals surface area contributed by atoms with Gasteiger partial charge in [0, 0.05) is 25.6 Å². The van der Waals surface area contributed by atoms with Crippen LogP contribution >= 0.6 is 0 Å². The van der Waals surface area contributed by atoms with Crippen LogP contribution in [0.25, 0.3) is 0 Å². The molecule has 0 aromatic heterocycles. The molecule has 2 aromatic rings. The third kappa shape index (κ3) is 8.65.